The van der Waals surface area contributed by atoms with Gasteiger partial charge in [-0.2, -0.15) is 0 Å². The lowest BCUT2D eigenvalue weighted by molar-refractivity contribution is 0.0520. The third kappa shape index (κ3) is 1.80. The number of aromatic amines is 1. The minimum Gasteiger partial charge on any atom is -0.461 e. The molecule has 0 saturated carbocycles. The van der Waals surface area contributed by atoms with Crippen molar-refractivity contribution in [1.82, 2.24) is 4.98 Å². The summed E-state index contributed by atoms with van der Waals surface area (Å²) >= 11 is 0. The monoisotopic (exact) mass is 279 g/mol. The Morgan fingerprint density at radius 3 is 2.86 bits per heavy atom. The van der Waals surface area contributed by atoms with E-state index in [1.165, 1.54) is 0 Å². The van der Waals surface area contributed by atoms with E-state index in [-0.39, 0.29) is 5.97 Å². The molecular weight excluding hydrogens is 266 g/mol. The molecule has 4 aromatic rings. The first-order valence-corrected chi connectivity index (χ1v) is 6.87. The summed E-state index contributed by atoms with van der Waals surface area (Å²) in [7, 11) is 0. The van der Waals surface area contributed by atoms with Crippen LogP contribution in [0.5, 0.6) is 0 Å². The number of hydrogen-bond acceptors (Lipinski definition) is 3. The average molecular weight is 279 g/mol. The molecule has 4 nitrogen and oxygen atoms in total. The number of furan rings is 1. The number of aromatic nitrogens is 1. The van der Waals surface area contributed by atoms with Crippen LogP contribution < -0.4 is 0 Å². The molecule has 2 aromatic heterocycles. The van der Waals surface area contributed by atoms with E-state index in [0.717, 1.165) is 32.8 Å². The van der Waals surface area contributed by atoms with Gasteiger partial charge in [0.05, 0.1) is 6.61 Å². The van der Waals surface area contributed by atoms with Gasteiger partial charge < -0.3 is 14.1 Å². The molecular formula is C17H13NO3. The van der Waals surface area contributed by atoms with E-state index in [1.54, 1.807) is 6.92 Å². The van der Waals surface area contributed by atoms with E-state index in [9.17, 15) is 4.79 Å². The lowest BCUT2D eigenvalue weighted by atomic mass is 10.1. The van der Waals surface area contributed by atoms with Crippen LogP contribution in [0.2, 0.25) is 0 Å². The van der Waals surface area contributed by atoms with E-state index in [4.69, 9.17) is 9.15 Å². The lowest BCUT2D eigenvalue weighted by Gasteiger charge is -1.96. The maximum atomic E-state index is 11.8. The zero-order valence-corrected chi connectivity index (χ0v) is 11.5. The second-order valence-electron chi connectivity index (χ2n) is 4.94. The Kier molecular flexibility index (Phi) is 2.51. The smallest absolute Gasteiger partial charge is 0.354 e. The number of ether oxygens (including phenoxy) is 1. The van der Waals surface area contributed by atoms with Crippen LogP contribution in [0.25, 0.3) is 32.8 Å². The summed E-state index contributed by atoms with van der Waals surface area (Å²) in [6.07, 6.45) is 0. The van der Waals surface area contributed by atoms with Gasteiger partial charge in [-0.05, 0) is 25.1 Å². The standard InChI is InChI=1S/C17H13NO3/c1-2-20-17(19)14-8-10-7-12-11-5-3-4-6-15(11)21-16(12)9-13(10)18-14/h3-9,18H,2H2,1H3. The van der Waals surface area contributed by atoms with Gasteiger partial charge in [0.25, 0.3) is 0 Å². The SMILES string of the molecule is CCOC(=O)c1cc2cc3c(cc2[nH]1)oc1ccccc13. The second kappa shape index (κ2) is 4.38. The maximum absolute atomic E-state index is 11.8. The number of esters is 1. The van der Waals surface area contributed by atoms with Crippen molar-refractivity contribution in [2.24, 2.45) is 0 Å². The van der Waals surface area contributed by atoms with Gasteiger partial charge in [0.15, 0.2) is 0 Å². The Bertz CT molecular complexity index is 978. The predicted molar refractivity (Wildman–Crippen MR) is 81.5 cm³/mol. The van der Waals surface area contributed by atoms with Crippen molar-refractivity contribution in [2.75, 3.05) is 6.61 Å². The van der Waals surface area contributed by atoms with E-state index in [0.29, 0.717) is 12.3 Å². The van der Waals surface area contributed by atoms with Crippen LogP contribution in [0.15, 0.2) is 46.9 Å². The van der Waals surface area contributed by atoms with E-state index in [1.807, 2.05) is 42.5 Å². The molecule has 0 fully saturated rings. The highest BCUT2D eigenvalue weighted by molar-refractivity contribution is 6.10. The minimum atomic E-state index is -0.338. The predicted octanol–water partition coefficient (Wildman–Crippen LogP) is 4.24. The molecule has 0 atom stereocenters. The van der Waals surface area contributed by atoms with Gasteiger partial charge in [-0.1, -0.05) is 18.2 Å². The van der Waals surface area contributed by atoms with Crippen molar-refractivity contribution in [3.8, 4) is 0 Å². The summed E-state index contributed by atoms with van der Waals surface area (Å²) in [5.41, 5.74) is 3.00. The summed E-state index contributed by atoms with van der Waals surface area (Å²) in [5, 5.41) is 3.10. The molecule has 2 aromatic carbocycles. The summed E-state index contributed by atoms with van der Waals surface area (Å²) in [6, 6.07) is 13.7. The Morgan fingerprint density at radius 1 is 1.14 bits per heavy atom. The molecule has 0 saturated heterocycles. The molecule has 0 spiro atoms. The minimum absolute atomic E-state index is 0.338. The number of hydrogen-bond donors (Lipinski definition) is 1. The van der Waals surface area contributed by atoms with Crippen molar-refractivity contribution in [1.29, 1.82) is 0 Å². The van der Waals surface area contributed by atoms with Crippen molar-refractivity contribution < 1.29 is 13.9 Å². The van der Waals surface area contributed by atoms with Crippen molar-refractivity contribution in [3.05, 3.63) is 48.2 Å². The zero-order valence-electron chi connectivity index (χ0n) is 11.5. The Labute approximate surface area is 120 Å². The summed E-state index contributed by atoms with van der Waals surface area (Å²) in [5.74, 6) is -0.338. The average Bonchev–Trinajstić information content (AvgIpc) is 3.05. The van der Waals surface area contributed by atoms with Gasteiger partial charge in [0.2, 0.25) is 0 Å². The van der Waals surface area contributed by atoms with Gasteiger partial charge in [-0.3, -0.25) is 0 Å². The van der Waals surface area contributed by atoms with Crippen molar-refractivity contribution in [2.45, 2.75) is 6.92 Å². The molecule has 4 rings (SSSR count). The maximum Gasteiger partial charge on any atom is 0.354 e. The number of rotatable bonds is 2. The first-order chi connectivity index (χ1) is 10.3. The number of carbonyl (C=O) groups is 1. The lowest BCUT2D eigenvalue weighted by Crippen LogP contribution is -2.04. The number of H-pyrrole nitrogens is 1. The summed E-state index contributed by atoms with van der Waals surface area (Å²) in [4.78, 5) is 14.9. The first kappa shape index (κ1) is 12.0. The first-order valence-electron chi connectivity index (χ1n) is 6.87. The third-order valence-electron chi connectivity index (χ3n) is 3.61. The van der Waals surface area contributed by atoms with Crippen LogP contribution in [-0.4, -0.2) is 17.6 Å². The Morgan fingerprint density at radius 2 is 2.00 bits per heavy atom. The topological polar surface area (TPSA) is 55.2 Å². The van der Waals surface area contributed by atoms with Gasteiger partial charge in [0, 0.05) is 27.7 Å². The van der Waals surface area contributed by atoms with E-state index < -0.39 is 0 Å². The molecule has 1 N–H and O–H groups in total. The molecule has 2 heterocycles. The highest BCUT2D eigenvalue weighted by Crippen LogP contribution is 2.32. The van der Waals surface area contributed by atoms with Gasteiger partial charge in [-0.25, -0.2) is 4.79 Å². The highest BCUT2D eigenvalue weighted by Gasteiger charge is 2.13. The number of fused-ring (bicyclic) bond motifs is 4. The Balaban J connectivity index is 1.96. The highest BCUT2D eigenvalue weighted by atomic mass is 16.5. The number of para-hydroxylation sites is 1. The van der Waals surface area contributed by atoms with Crippen molar-refractivity contribution in [3.63, 3.8) is 0 Å². The van der Waals surface area contributed by atoms with Crippen LogP contribution in [0, 0.1) is 0 Å². The van der Waals surface area contributed by atoms with Gasteiger partial charge in [-0.15, -0.1) is 0 Å². The fourth-order valence-electron chi connectivity index (χ4n) is 2.67. The molecule has 104 valence electrons. The largest absolute Gasteiger partial charge is 0.461 e. The molecule has 0 aliphatic rings. The quantitative estimate of drug-likeness (QED) is 0.558. The summed E-state index contributed by atoms with van der Waals surface area (Å²) in [6.45, 7) is 2.15. The molecule has 4 heteroatoms. The fraction of sp³-hybridized carbons (Fsp3) is 0.118. The second-order valence-corrected chi connectivity index (χ2v) is 4.94. The molecule has 0 bridgehead atoms. The number of carbonyl (C=O) groups excluding carboxylic acids is 1. The number of benzene rings is 2. The third-order valence-corrected chi connectivity index (χ3v) is 3.61. The van der Waals surface area contributed by atoms with E-state index >= 15 is 0 Å². The molecule has 0 aliphatic carbocycles. The van der Waals surface area contributed by atoms with Crippen LogP contribution in [0.3, 0.4) is 0 Å². The molecule has 21 heavy (non-hydrogen) atoms. The van der Waals surface area contributed by atoms with Gasteiger partial charge in [0.1, 0.15) is 16.9 Å². The van der Waals surface area contributed by atoms with Crippen LogP contribution in [0.1, 0.15) is 17.4 Å². The number of nitrogens with one attached hydrogen (secondary N) is 1. The normalized spacial score (nSPS) is 11.5. The fourth-order valence-corrected chi connectivity index (χ4v) is 2.67. The Hall–Kier alpha value is -2.75. The summed E-state index contributed by atoms with van der Waals surface area (Å²) < 4.78 is 10.9. The molecule has 0 amide bonds. The van der Waals surface area contributed by atoms with Crippen molar-refractivity contribution >= 4 is 38.8 Å². The van der Waals surface area contributed by atoms with Crippen LogP contribution in [0.4, 0.5) is 0 Å². The van der Waals surface area contributed by atoms with Gasteiger partial charge >= 0.3 is 5.97 Å². The molecule has 0 radical (unpaired) electrons. The molecule has 0 unspecified atom stereocenters. The zero-order chi connectivity index (χ0) is 14.4. The van der Waals surface area contributed by atoms with Crippen LogP contribution in [-0.2, 0) is 4.74 Å². The van der Waals surface area contributed by atoms with Crippen LogP contribution >= 0.6 is 0 Å². The molecule has 0 aliphatic heterocycles. The van der Waals surface area contributed by atoms with E-state index in [2.05, 4.69) is 4.98 Å².